The summed E-state index contributed by atoms with van der Waals surface area (Å²) in [6.07, 6.45) is 1.78. The second kappa shape index (κ2) is 11.2. The number of thioether (sulfide) groups is 1. The number of halogens is 1. The lowest BCUT2D eigenvalue weighted by atomic mass is 10.1. The second-order valence-electron chi connectivity index (χ2n) is 11.7. The molecule has 1 atom stereocenters. The van der Waals surface area contributed by atoms with Crippen LogP contribution in [0, 0.1) is 15.9 Å². The number of aromatic nitrogens is 5. The first-order valence-corrected chi connectivity index (χ1v) is 16.0. The van der Waals surface area contributed by atoms with Gasteiger partial charge in [-0.05, 0) is 25.1 Å². The van der Waals surface area contributed by atoms with Gasteiger partial charge in [0.15, 0.2) is 26.3 Å². The van der Waals surface area contributed by atoms with E-state index in [1.165, 1.54) is 41.3 Å². The standard InChI is InChI=1S/C29H28FN8O5S2/c1-16-14-42-26-23-19(12-21(30)24(26)35-8-10-38(2,3)11-9-35)25(39)20(13-36(16)23)28-33-34-29(45-28)44-15-22-31-32-27(43-22)17-4-6-18(7-5-17)37(40)41/h4-7,12-13,16H,8-11,14-15H2,1-3H3/q+1/t16-/m0/s1. The molecule has 2 aliphatic heterocycles. The van der Waals surface area contributed by atoms with Crippen molar-refractivity contribution >= 4 is 45.4 Å². The van der Waals surface area contributed by atoms with Crippen LogP contribution in [-0.4, -0.2) is 81.2 Å². The van der Waals surface area contributed by atoms with Crippen LogP contribution in [0.1, 0.15) is 18.9 Å². The van der Waals surface area contributed by atoms with Gasteiger partial charge in [-0.1, -0.05) is 23.1 Å². The van der Waals surface area contributed by atoms with Crippen molar-refractivity contribution in [3.63, 3.8) is 0 Å². The highest BCUT2D eigenvalue weighted by atomic mass is 32.2. The molecule has 0 radical (unpaired) electrons. The molecule has 1 fully saturated rings. The predicted molar refractivity (Wildman–Crippen MR) is 167 cm³/mol. The first-order valence-electron chi connectivity index (χ1n) is 14.2. The van der Waals surface area contributed by atoms with E-state index in [0.717, 1.165) is 17.6 Å². The van der Waals surface area contributed by atoms with Crippen LogP contribution < -0.4 is 15.1 Å². The van der Waals surface area contributed by atoms with Gasteiger partial charge in [0, 0.05) is 23.9 Å². The summed E-state index contributed by atoms with van der Waals surface area (Å²) in [5.74, 6) is 0.827. The fourth-order valence-corrected chi connectivity index (χ4v) is 7.24. The number of rotatable bonds is 7. The third-order valence-corrected chi connectivity index (χ3v) is 10.2. The van der Waals surface area contributed by atoms with Crippen LogP contribution in [0.4, 0.5) is 15.8 Å². The van der Waals surface area contributed by atoms with Crippen molar-refractivity contribution in [2.24, 2.45) is 0 Å². The quantitative estimate of drug-likeness (QED) is 0.104. The van der Waals surface area contributed by atoms with E-state index in [9.17, 15) is 14.9 Å². The van der Waals surface area contributed by atoms with Crippen LogP contribution in [0.5, 0.6) is 5.75 Å². The number of hydrogen-bond donors (Lipinski definition) is 0. The van der Waals surface area contributed by atoms with Gasteiger partial charge >= 0.3 is 0 Å². The highest BCUT2D eigenvalue weighted by Crippen LogP contribution is 2.43. The van der Waals surface area contributed by atoms with E-state index in [1.807, 2.05) is 16.4 Å². The molecule has 3 aromatic heterocycles. The second-order valence-corrected chi connectivity index (χ2v) is 13.9. The van der Waals surface area contributed by atoms with E-state index in [1.54, 1.807) is 18.3 Å². The molecule has 1 saturated heterocycles. The fourth-order valence-electron chi connectivity index (χ4n) is 5.54. The van der Waals surface area contributed by atoms with Gasteiger partial charge < -0.3 is 23.1 Å². The molecule has 0 spiro atoms. The van der Waals surface area contributed by atoms with E-state index < -0.39 is 10.7 Å². The lowest BCUT2D eigenvalue weighted by molar-refractivity contribution is -0.890. The maximum Gasteiger partial charge on any atom is 0.269 e. The molecule has 0 N–H and O–H groups in total. The van der Waals surface area contributed by atoms with Gasteiger partial charge in [-0.15, -0.1) is 20.4 Å². The summed E-state index contributed by atoms with van der Waals surface area (Å²) >= 11 is 2.57. The van der Waals surface area contributed by atoms with Crippen LogP contribution >= 0.6 is 23.1 Å². The summed E-state index contributed by atoms with van der Waals surface area (Å²) < 4.78 is 31.1. The zero-order chi connectivity index (χ0) is 31.5. The Kier molecular flexibility index (Phi) is 7.29. The molecule has 16 heteroatoms. The molecule has 0 bridgehead atoms. The molecule has 0 aliphatic carbocycles. The third-order valence-electron chi connectivity index (χ3n) is 8.16. The maximum absolute atomic E-state index is 15.8. The molecule has 2 aromatic carbocycles. The van der Waals surface area contributed by atoms with Crippen molar-refractivity contribution in [2.45, 2.75) is 23.1 Å². The maximum atomic E-state index is 15.8. The number of likely N-dealkylation sites (N-methyl/N-ethyl adjacent to an activating group) is 1. The number of nitro benzene ring substituents is 1. The summed E-state index contributed by atoms with van der Waals surface area (Å²) in [5, 5.41) is 28.2. The van der Waals surface area contributed by atoms with Gasteiger partial charge in [0.1, 0.15) is 12.3 Å². The Balaban J connectivity index is 1.15. The average molecular weight is 652 g/mol. The molecule has 2 aliphatic rings. The van der Waals surface area contributed by atoms with Crippen molar-refractivity contribution in [2.75, 3.05) is 51.8 Å². The monoisotopic (exact) mass is 651 g/mol. The number of ether oxygens (including phenoxy) is 1. The Bertz CT molecular complexity index is 2000. The summed E-state index contributed by atoms with van der Waals surface area (Å²) in [6, 6.07) is 7.09. The zero-order valence-corrected chi connectivity index (χ0v) is 26.2. The topological polar surface area (TPSA) is 142 Å². The van der Waals surface area contributed by atoms with E-state index in [2.05, 4.69) is 34.5 Å². The lowest BCUT2D eigenvalue weighted by Crippen LogP contribution is -2.55. The van der Waals surface area contributed by atoms with Gasteiger partial charge in [0.25, 0.3) is 5.69 Å². The SMILES string of the molecule is C[C@H]1COc2c(N3CC[N+](C)(C)CC3)c(F)cc3c(=O)c(-c4nnc(SCc5nnc(-c6ccc([N+](=O)[O-])cc6)o5)s4)cn1c23. The fraction of sp³-hybridized carbons (Fsp3) is 0.345. The molecule has 5 aromatic rings. The number of non-ortho nitro benzene ring substituents is 1. The van der Waals surface area contributed by atoms with E-state index >= 15 is 4.39 Å². The van der Waals surface area contributed by atoms with Gasteiger partial charge in [0.05, 0.1) is 73.5 Å². The molecular weight excluding hydrogens is 624 g/mol. The number of piperazine rings is 1. The Hall–Kier alpha value is -4.41. The Morgan fingerprint density at radius 3 is 2.64 bits per heavy atom. The van der Waals surface area contributed by atoms with Gasteiger partial charge in [0.2, 0.25) is 11.8 Å². The van der Waals surface area contributed by atoms with E-state index in [4.69, 9.17) is 9.15 Å². The van der Waals surface area contributed by atoms with Gasteiger partial charge in [-0.25, -0.2) is 4.39 Å². The minimum absolute atomic E-state index is 0.0318. The first kappa shape index (κ1) is 29.3. The smallest absolute Gasteiger partial charge is 0.269 e. The van der Waals surface area contributed by atoms with E-state index in [-0.39, 0.29) is 28.4 Å². The predicted octanol–water partition coefficient (Wildman–Crippen LogP) is 4.76. The number of nitro groups is 1. The minimum Gasteiger partial charge on any atom is -0.487 e. The average Bonchev–Trinajstić information content (AvgIpc) is 3.69. The Morgan fingerprint density at radius 1 is 1.16 bits per heavy atom. The highest BCUT2D eigenvalue weighted by molar-refractivity contribution is 8.00. The number of hydrogen-bond acceptors (Lipinski definition) is 12. The largest absolute Gasteiger partial charge is 0.487 e. The first-order chi connectivity index (χ1) is 21.6. The van der Waals surface area contributed by atoms with Crippen molar-refractivity contribution in [1.29, 1.82) is 0 Å². The number of pyridine rings is 1. The third kappa shape index (κ3) is 5.42. The number of quaternary nitrogens is 1. The van der Waals surface area contributed by atoms with Crippen LogP contribution in [0.25, 0.3) is 32.9 Å². The number of nitrogens with zero attached hydrogens (tertiary/aromatic N) is 8. The molecule has 0 saturated carbocycles. The van der Waals surface area contributed by atoms with E-state index in [0.29, 0.717) is 68.8 Å². The van der Waals surface area contributed by atoms with Crippen molar-refractivity contribution < 1.29 is 23.0 Å². The molecule has 7 rings (SSSR count). The molecule has 45 heavy (non-hydrogen) atoms. The normalized spacial score (nSPS) is 17.4. The van der Waals surface area contributed by atoms with Crippen LogP contribution in [0.15, 0.2) is 50.1 Å². The lowest BCUT2D eigenvalue weighted by Gasteiger charge is -2.41. The molecule has 232 valence electrons. The van der Waals surface area contributed by atoms with Crippen LogP contribution in [0.2, 0.25) is 0 Å². The Labute approximate surface area is 264 Å². The number of anilines is 1. The van der Waals surface area contributed by atoms with Gasteiger partial charge in [-0.2, -0.15) is 0 Å². The Morgan fingerprint density at radius 2 is 1.91 bits per heavy atom. The molecular formula is C29H28FN8O5S2+. The zero-order valence-electron chi connectivity index (χ0n) is 24.6. The van der Waals surface area contributed by atoms with Crippen LogP contribution in [-0.2, 0) is 5.75 Å². The minimum atomic E-state index is -0.477. The highest BCUT2D eigenvalue weighted by Gasteiger charge is 2.33. The molecule has 0 amide bonds. The van der Waals surface area contributed by atoms with Crippen molar-refractivity contribution in [3.05, 3.63) is 68.6 Å². The van der Waals surface area contributed by atoms with Crippen LogP contribution in [0.3, 0.4) is 0 Å². The molecule has 0 unspecified atom stereocenters. The van der Waals surface area contributed by atoms with Gasteiger partial charge in [-0.3, -0.25) is 14.9 Å². The molecule has 13 nitrogen and oxygen atoms in total. The summed E-state index contributed by atoms with van der Waals surface area (Å²) in [4.78, 5) is 26.3. The summed E-state index contributed by atoms with van der Waals surface area (Å²) in [6.45, 7) is 5.48. The van der Waals surface area contributed by atoms with Crippen molar-refractivity contribution in [1.82, 2.24) is 25.0 Å². The molecule has 5 heterocycles. The number of benzene rings is 2. The summed E-state index contributed by atoms with van der Waals surface area (Å²) in [7, 11) is 4.33. The van der Waals surface area contributed by atoms with Crippen molar-refractivity contribution in [3.8, 4) is 27.8 Å². The summed E-state index contributed by atoms with van der Waals surface area (Å²) in [5.41, 5.74) is 1.55.